The molecule has 0 aliphatic rings. The van der Waals surface area contributed by atoms with Gasteiger partial charge in [-0.2, -0.15) is 18.2 Å². The molecule has 2 aromatic heterocycles. The van der Waals surface area contributed by atoms with Crippen molar-refractivity contribution < 1.29 is 22.7 Å². The number of nitrogens with zero attached hydrogens (tertiary/aromatic N) is 3. The monoisotopic (exact) mass is 459 g/mol. The van der Waals surface area contributed by atoms with Gasteiger partial charge in [0.05, 0.1) is 16.9 Å². The second-order valence-electron chi connectivity index (χ2n) is 6.47. The molecule has 0 fully saturated rings. The maximum atomic E-state index is 13.0. The van der Waals surface area contributed by atoms with E-state index in [-0.39, 0.29) is 11.6 Å². The number of amides is 1. The van der Waals surface area contributed by atoms with Crippen molar-refractivity contribution in [2.24, 2.45) is 0 Å². The number of alkyl halides is 3. The van der Waals surface area contributed by atoms with Gasteiger partial charge in [-0.1, -0.05) is 23.7 Å². The Morgan fingerprint density at radius 3 is 2.78 bits per heavy atom. The summed E-state index contributed by atoms with van der Waals surface area (Å²) in [6, 6.07) is 9.94. The van der Waals surface area contributed by atoms with E-state index in [1.807, 2.05) is 0 Å². The van der Waals surface area contributed by atoms with Crippen LogP contribution < -0.4 is 10.1 Å². The number of halogens is 4. The summed E-state index contributed by atoms with van der Waals surface area (Å²) in [5, 5.41) is 1.93. The predicted molar refractivity (Wildman–Crippen MR) is 112 cm³/mol. The van der Waals surface area contributed by atoms with Crippen molar-refractivity contribution in [3.8, 4) is 11.6 Å². The molecule has 2 N–H and O–H groups in total. The fraction of sp³-hybridized carbons (Fsp3) is 0.0476. The number of fused-ring (bicyclic) bond motifs is 1. The van der Waals surface area contributed by atoms with E-state index in [2.05, 4.69) is 25.3 Å². The summed E-state index contributed by atoms with van der Waals surface area (Å²) in [5.41, 5.74) is 0.562. The average molecular weight is 460 g/mol. The molecule has 32 heavy (non-hydrogen) atoms. The molecule has 2 heterocycles. The molecule has 162 valence electrons. The Labute approximate surface area is 183 Å². The van der Waals surface area contributed by atoms with Gasteiger partial charge in [-0.15, -0.1) is 0 Å². The first-order valence-corrected chi connectivity index (χ1v) is 9.45. The van der Waals surface area contributed by atoms with Crippen molar-refractivity contribution in [1.82, 2.24) is 19.9 Å². The van der Waals surface area contributed by atoms with E-state index in [1.165, 1.54) is 30.9 Å². The van der Waals surface area contributed by atoms with Crippen LogP contribution >= 0.6 is 11.6 Å². The van der Waals surface area contributed by atoms with Crippen LogP contribution in [0.5, 0.6) is 11.6 Å². The van der Waals surface area contributed by atoms with Gasteiger partial charge in [-0.05, 0) is 42.0 Å². The molecule has 4 rings (SSSR count). The van der Waals surface area contributed by atoms with E-state index < -0.39 is 22.7 Å². The lowest BCUT2D eigenvalue weighted by Gasteiger charge is -2.11. The van der Waals surface area contributed by atoms with Crippen molar-refractivity contribution in [3.63, 3.8) is 0 Å². The average Bonchev–Trinajstić information content (AvgIpc) is 3.23. The molecule has 0 spiro atoms. The molecule has 11 heteroatoms. The zero-order chi connectivity index (χ0) is 22.7. The molecule has 0 saturated carbocycles. The summed E-state index contributed by atoms with van der Waals surface area (Å²) < 4.78 is 44.6. The number of anilines is 1. The van der Waals surface area contributed by atoms with Crippen LogP contribution in [0, 0.1) is 0 Å². The van der Waals surface area contributed by atoms with E-state index in [0.29, 0.717) is 22.5 Å². The van der Waals surface area contributed by atoms with E-state index in [9.17, 15) is 18.0 Å². The van der Waals surface area contributed by atoms with Crippen LogP contribution in [0.3, 0.4) is 0 Å². The van der Waals surface area contributed by atoms with Crippen molar-refractivity contribution in [1.29, 1.82) is 0 Å². The second kappa shape index (κ2) is 8.67. The van der Waals surface area contributed by atoms with Gasteiger partial charge in [0.15, 0.2) is 11.2 Å². The summed E-state index contributed by atoms with van der Waals surface area (Å²) in [6.07, 6.45) is 0.872. The van der Waals surface area contributed by atoms with Crippen LogP contribution in [0.1, 0.15) is 11.1 Å². The van der Waals surface area contributed by atoms with Crippen LogP contribution in [0.15, 0.2) is 61.2 Å². The van der Waals surface area contributed by atoms with Gasteiger partial charge in [0.25, 0.3) is 5.88 Å². The molecular weight excluding hydrogens is 447 g/mol. The molecule has 2 aromatic carbocycles. The lowest BCUT2D eigenvalue weighted by molar-refractivity contribution is -0.137. The molecule has 0 radical (unpaired) electrons. The molecule has 1 amide bonds. The molecule has 0 aliphatic heterocycles. The third-order valence-electron chi connectivity index (χ3n) is 4.22. The smallest absolute Gasteiger partial charge is 0.417 e. The van der Waals surface area contributed by atoms with Crippen molar-refractivity contribution in [2.75, 3.05) is 5.32 Å². The summed E-state index contributed by atoms with van der Waals surface area (Å²) in [4.78, 5) is 27.2. The van der Waals surface area contributed by atoms with Crippen LogP contribution in [0.2, 0.25) is 5.02 Å². The van der Waals surface area contributed by atoms with Crippen LogP contribution in [0.4, 0.5) is 18.9 Å². The topological polar surface area (TPSA) is 92.8 Å². The fourth-order valence-corrected chi connectivity index (χ4v) is 3.01. The molecule has 0 bridgehead atoms. The van der Waals surface area contributed by atoms with Gasteiger partial charge in [0, 0.05) is 11.8 Å². The number of rotatable bonds is 5. The summed E-state index contributed by atoms with van der Waals surface area (Å²) in [5.74, 6) is 0.0993. The lowest BCUT2D eigenvalue weighted by atomic mass is 10.2. The summed E-state index contributed by atoms with van der Waals surface area (Å²) in [7, 11) is 0. The molecule has 0 saturated heterocycles. The predicted octanol–water partition coefficient (Wildman–Crippen LogP) is 5.47. The maximum absolute atomic E-state index is 13.0. The first kappa shape index (κ1) is 21.3. The molecular formula is C21H13ClF3N5O2. The number of benzene rings is 2. The Balaban J connectivity index is 1.46. The minimum atomic E-state index is -4.63. The highest BCUT2D eigenvalue weighted by Gasteiger charge is 2.33. The zero-order valence-electron chi connectivity index (χ0n) is 16.0. The number of carbonyl (C=O) groups excluding carboxylic acids is 1. The zero-order valence-corrected chi connectivity index (χ0v) is 16.8. The quantitative estimate of drug-likeness (QED) is 0.386. The first-order chi connectivity index (χ1) is 15.3. The Morgan fingerprint density at radius 1 is 1.12 bits per heavy atom. The Kier molecular flexibility index (Phi) is 5.78. The Bertz CT molecular complexity index is 1320. The van der Waals surface area contributed by atoms with Gasteiger partial charge < -0.3 is 15.0 Å². The van der Waals surface area contributed by atoms with Gasteiger partial charge in [-0.25, -0.2) is 9.97 Å². The largest absolute Gasteiger partial charge is 0.437 e. The fourth-order valence-electron chi connectivity index (χ4n) is 2.79. The normalized spacial score (nSPS) is 11.8. The van der Waals surface area contributed by atoms with Crippen molar-refractivity contribution >= 4 is 40.4 Å². The molecule has 7 nitrogen and oxygen atoms in total. The maximum Gasteiger partial charge on any atom is 0.417 e. The standard InChI is InChI=1S/C21H13ClF3N5O2/c22-16-6-5-13(9-15(16)21(23,24)25)30-17(31)7-4-12-2-1-3-14(8-12)32-20-18-19(27-10-26-18)28-11-29-20/h1-11H,(H,30,31)(H,26,27,28,29). The minimum absolute atomic E-state index is 0.0276. The number of aromatic amines is 1. The number of imidazole rings is 1. The van der Waals surface area contributed by atoms with Crippen molar-refractivity contribution in [2.45, 2.75) is 6.18 Å². The van der Waals surface area contributed by atoms with Gasteiger partial charge >= 0.3 is 6.18 Å². The third kappa shape index (κ3) is 4.86. The van der Waals surface area contributed by atoms with E-state index >= 15 is 0 Å². The summed E-state index contributed by atoms with van der Waals surface area (Å²) in [6.45, 7) is 0. The SMILES string of the molecule is O=C(C=Cc1cccc(Oc2ncnc3[nH]cnc23)c1)Nc1ccc(Cl)c(C(F)(F)F)c1. The molecule has 4 aromatic rings. The van der Waals surface area contributed by atoms with E-state index in [1.54, 1.807) is 24.3 Å². The van der Waals surface area contributed by atoms with Crippen molar-refractivity contribution in [3.05, 3.63) is 77.3 Å². The van der Waals surface area contributed by atoms with Crippen LogP contribution in [-0.2, 0) is 11.0 Å². The van der Waals surface area contributed by atoms with Crippen LogP contribution in [-0.4, -0.2) is 25.8 Å². The minimum Gasteiger partial charge on any atom is -0.437 e. The number of aromatic nitrogens is 4. The van der Waals surface area contributed by atoms with Crippen LogP contribution in [0.25, 0.3) is 17.2 Å². The van der Waals surface area contributed by atoms with Gasteiger partial charge in [-0.3, -0.25) is 4.79 Å². The molecule has 0 aliphatic carbocycles. The number of hydrogen-bond acceptors (Lipinski definition) is 5. The molecule has 0 unspecified atom stereocenters. The van der Waals surface area contributed by atoms with E-state index in [4.69, 9.17) is 16.3 Å². The first-order valence-electron chi connectivity index (χ1n) is 9.07. The van der Waals surface area contributed by atoms with Gasteiger partial charge in [0.2, 0.25) is 5.91 Å². The highest BCUT2D eigenvalue weighted by Crippen LogP contribution is 2.36. The number of carbonyl (C=O) groups is 1. The number of H-pyrrole nitrogens is 1. The molecule has 0 atom stereocenters. The Morgan fingerprint density at radius 2 is 1.97 bits per heavy atom. The lowest BCUT2D eigenvalue weighted by Crippen LogP contribution is -2.11. The Hall–Kier alpha value is -3.92. The number of nitrogens with one attached hydrogen (secondary N) is 2. The highest BCUT2D eigenvalue weighted by atomic mass is 35.5. The number of ether oxygens (including phenoxy) is 1. The third-order valence-corrected chi connectivity index (χ3v) is 4.55. The summed E-state index contributed by atoms with van der Waals surface area (Å²) >= 11 is 5.58. The van der Waals surface area contributed by atoms with Gasteiger partial charge in [0.1, 0.15) is 12.1 Å². The number of hydrogen-bond donors (Lipinski definition) is 2. The highest BCUT2D eigenvalue weighted by molar-refractivity contribution is 6.31. The second-order valence-corrected chi connectivity index (χ2v) is 6.88. The van der Waals surface area contributed by atoms with E-state index in [0.717, 1.165) is 12.1 Å².